The summed E-state index contributed by atoms with van der Waals surface area (Å²) in [5.74, 6) is -0.607. The molecule has 0 saturated carbocycles. The fourth-order valence-electron chi connectivity index (χ4n) is 2.76. The number of hydrogen-bond donors (Lipinski definition) is 0. The first-order chi connectivity index (χ1) is 12.8. The number of amides is 1. The van der Waals surface area contributed by atoms with Crippen molar-refractivity contribution in [2.45, 2.75) is 18.7 Å². The summed E-state index contributed by atoms with van der Waals surface area (Å²) in [5, 5.41) is 0. The standard InChI is InChI=1S/C17H24FN3O3S3/c1-3-19(4-2)17(25)26-13-16(22)20-9-11-21(12-10-20)27(23,24)15-8-6-5-7-14(15)18/h5-8H,3-4,9-13H2,1-2H3. The number of carbonyl (C=O) groups excluding carboxylic acids is 1. The Bertz CT molecular complexity index is 777. The minimum absolute atomic E-state index is 0.0718. The Morgan fingerprint density at radius 3 is 2.33 bits per heavy atom. The van der Waals surface area contributed by atoms with Crippen molar-refractivity contribution in [2.24, 2.45) is 0 Å². The van der Waals surface area contributed by atoms with E-state index >= 15 is 0 Å². The van der Waals surface area contributed by atoms with Crippen molar-refractivity contribution in [2.75, 3.05) is 45.0 Å². The molecule has 1 saturated heterocycles. The molecule has 1 aromatic rings. The Morgan fingerprint density at radius 2 is 1.78 bits per heavy atom. The van der Waals surface area contributed by atoms with Crippen molar-refractivity contribution in [3.63, 3.8) is 0 Å². The fourth-order valence-corrected chi connectivity index (χ4v) is 5.55. The third kappa shape index (κ3) is 5.40. The summed E-state index contributed by atoms with van der Waals surface area (Å²) >= 11 is 6.65. The van der Waals surface area contributed by atoms with Crippen LogP contribution < -0.4 is 0 Å². The highest BCUT2D eigenvalue weighted by molar-refractivity contribution is 8.23. The minimum atomic E-state index is -3.90. The van der Waals surface area contributed by atoms with E-state index in [1.807, 2.05) is 18.7 Å². The summed E-state index contributed by atoms with van der Waals surface area (Å²) in [6.07, 6.45) is 0. The number of sulfonamides is 1. The van der Waals surface area contributed by atoms with Gasteiger partial charge in [0.25, 0.3) is 0 Å². The zero-order chi connectivity index (χ0) is 20.0. The van der Waals surface area contributed by atoms with E-state index in [1.54, 1.807) is 4.90 Å². The molecule has 0 radical (unpaired) electrons. The van der Waals surface area contributed by atoms with Crippen molar-refractivity contribution in [3.8, 4) is 0 Å². The number of piperazine rings is 1. The molecule has 1 aromatic carbocycles. The molecule has 0 aliphatic carbocycles. The second kappa shape index (κ2) is 9.81. The number of thioether (sulfide) groups is 1. The number of hydrogen-bond acceptors (Lipinski definition) is 5. The van der Waals surface area contributed by atoms with E-state index in [4.69, 9.17) is 12.2 Å². The van der Waals surface area contributed by atoms with Crippen molar-refractivity contribution in [1.29, 1.82) is 0 Å². The lowest BCUT2D eigenvalue weighted by Crippen LogP contribution is -2.51. The van der Waals surface area contributed by atoms with E-state index < -0.39 is 15.8 Å². The third-order valence-corrected chi connectivity index (χ3v) is 7.83. The number of nitrogens with zero attached hydrogens (tertiary/aromatic N) is 3. The van der Waals surface area contributed by atoms with Crippen LogP contribution in [0.25, 0.3) is 0 Å². The number of halogens is 1. The Labute approximate surface area is 169 Å². The van der Waals surface area contributed by atoms with E-state index in [9.17, 15) is 17.6 Å². The summed E-state index contributed by atoms with van der Waals surface area (Å²) in [4.78, 5) is 15.7. The SMILES string of the molecule is CCN(CC)C(=S)SCC(=O)N1CCN(S(=O)(=O)c2ccccc2F)CC1. The largest absolute Gasteiger partial charge is 0.358 e. The second-order valence-electron chi connectivity index (χ2n) is 5.94. The molecule has 2 rings (SSSR count). The quantitative estimate of drug-likeness (QED) is 0.640. The molecule has 1 amide bonds. The molecule has 10 heteroatoms. The predicted octanol–water partition coefficient (Wildman–Crippen LogP) is 2.02. The summed E-state index contributed by atoms with van der Waals surface area (Å²) in [6, 6.07) is 5.33. The van der Waals surface area contributed by atoms with Crippen LogP contribution in [0.4, 0.5) is 4.39 Å². The van der Waals surface area contributed by atoms with Gasteiger partial charge in [0.2, 0.25) is 15.9 Å². The molecule has 0 atom stereocenters. The van der Waals surface area contributed by atoms with Gasteiger partial charge in [0, 0.05) is 39.3 Å². The van der Waals surface area contributed by atoms with Crippen LogP contribution in [0.15, 0.2) is 29.2 Å². The molecule has 27 heavy (non-hydrogen) atoms. The average molecular weight is 434 g/mol. The molecule has 1 aliphatic heterocycles. The van der Waals surface area contributed by atoms with Gasteiger partial charge in [-0.05, 0) is 26.0 Å². The topological polar surface area (TPSA) is 60.9 Å². The maximum Gasteiger partial charge on any atom is 0.246 e. The average Bonchev–Trinajstić information content (AvgIpc) is 2.67. The van der Waals surface area contributed by atoms with Gasteiger partial charge in [-0.15, -0.1) is 0 Å². The predicted molar refractivity (Wildman–Crippen MR) is 110 cm³/mol. The van der Waals surface area contributed by atoms with Crippen LogP contribution in [-0.4, -0.2) is 77.8 Å². The molecule has 150 valence electrons. The molecule has 0 bridgehead atoms. The number of carbonyl (C=O) groups is 1. The second-order valence-corrected chi connectivity index (χ2v) is 9.46. The van der Waals surface area contributed by atoms with E-state index in [2.05, 4.69) is 0 Å². The molecule has 0 N–H and O–H groups in total. The minimum Gasteiger partial charge on any atom is -0.358 e. The van der Waals surface area contributed by atoms with Gasteiger partial charge in [-0.1, -0.05) is 36.1 Å². The summed E-state index contributed by atoms with van der Waals surface area (Å²) in [6.45, 7) is 6.46. The van der Waals surface area contributed by atoms with E-state index in [0.717, 1.165) is 19.2 Å². The summed E-state index contributed by atoms with van der Waals surface area (Å²) in [7, 11) is -3.90. The van der Waals surface area contributed by atoms with Gasteiger partial charge >= 0.3 is 0 Å². The lowest BCUT2D eigenvalue weighted by molar-refractivity contribution is -0.129. The van der Waals surface area contributed by atoms with Crippen molar-refractivity contribution in [3.05, 3.63) is 30.1 Å². The Hall–Kier alpha value is -1.23. The molecular weight excluding hydrogens is 409 g/mol. The van der Waals surface area contributed by atoms with Crippen LogP contribution in [-0.2, 0) is 14.8 Å². The van der Waals surface area contributed by atoms with Crippen molar-refractivity contribution >= 4 is 44.2 Å². The monoisotopic (exact) mass is 433 g/mol. The molecule has 0 spiro atoms. The molecule has 1 aliphatic rings. The number of rotatable bonds is 6. The van der Waals surface area contributed by atoms with Crippen molar-refractivity contribution in [1.82, 2.24) is 14.1 Å². The highest BCUT2D eigenvalue weighted by Crippen LogP contribution is 2.21. The Balaban J connectivity index is 1.90. The van der Waals surface area contributed by atoms with Gasteiger partial charge in [-0.3, -0.25) is 4.79 Å². The molecule has 6 nitrogen and oxygen atoms in total. The highest BCUT2D eigenvalue weighted by atomic mass is 32.2. The first-order valence-electron chi connectivity index (χ1n) is 8.75. The van der Waals surface area contributed by atoms with Crippen LogP contribution in [0, 0.1) is 5.82 Å². The third-order valence-electron chi connectivity index (χ3n) is 4.39. The van der Waals surface area contributed by atoms with Gasteiger partial charge in [0.15, 0.2) is 0 Å². The van der Waals surface area contributed by atoms with E-state index in [0.29, 0.717) is 4.32 Å². The number of thiocarbonyl (C=S) groups is 1. The smallest absolute Gasteiger partial charge is 0.246 e. The molecule has 0 aromatic heterocycles. The maximum absolute atomic E-state index is 13.9. The summed E-state index contributed by atoms with van der Waals surface area (Å²) in [5.41, 5.74) is 0. The lowest BCUT2D eigenvalue weighted by atomic mass is 10.3. The van der Waals surface area contributed by atoms with Crippen LogP contribution in [0.5, 0.6) is 0 Å². The zero-order valence-corrected chi connectivity index (χ0v) is 17.9. The summed E-state index contributed by atoms with van der Waals surface area (Å²) < 4.78 is 41.0. The first kappa shape index (κ1) is 22.1. The Morgan fingerprint density at radius 1 is 1.19 bits per heavy atom. The zero-order valence-electron chi connectivity index (χ0n) is 15.4. The van der Waals surface area contributed by atoms with Gasteiger partial charge in [-0.2, -0.15) is 4.31 Å². The van der Waals surface area contributed by atoms with Crippen LogP contribution in [0.2, 0.25) is 0 Å². The molecule has 0 unspecified atom stereocenters. The van der Waals surface area contributed by atoms with Crippen molar-refractivity contribution < 1.29 is 17.6 Å². The lowest BCUT2D eigenvalue weighted by Gasteiger charge is -2.34. The first-order valence-corrected chi connectivity index (χ1v) is 11.6. The van der Waals surface area contributed by atoms with Gasteiger partial charge in [0.05, 0.1) is 5.75 Å². The van der Waals surface area contributed by atoms with Crippen LogP contribution in [0.1, 0.15) is 13.8 Å². The van der Waals surface area contributed by atoms with Gasteiger partial charge < -0.3 is 9.80 Å². The Kier molecular flexibility index (Phi) is 8.02. The van der Waals surface area contributed by atoms with Crippen LogP contribution >= 0.6 is 24.0 Å². The van der Waals surface area contributed by atoms with Crippen LogP contribution in [0.3, 0.4) is 0 Å². The van der Waals surface area contributed by atoms with Gasteiger partial charge in [-0.25, -0.2) is 12.8 Å². The maximum atomic E-state index is 13.9. The molecular formula is C17H24FN3O3S3. The van der Waals surface area contributed by atoms with Gasteiger partial charge in [0.1, 0.15) is 15.0 Å². The number of benzene rings is 1. The molecule has 1 heterocycles. The highest BCUT2D eigenvalue weighted by Gasteiger charge is 2.31. The molecule has 1 fully saturated rings. The fraction of sp³-hybridized carbons (Fsp3) is 0.529. The van der Waals surface area contributed by atoms with E-state index in [-0.39, 0.29) is 42.7 Å². The normalized spacial score (nSPS) is 15.6. The van der Waals surface area contributed by atoms with E-state index in [1.165, 1.54) is 34.3 Å².